The van der Waals surface area contributed by atoms with Crippen molar-refractivity contribution < 1.29 is 14.6 Å². The average Bonchev–Trinajstić information content (AvgIpc) is 2.93. The number of urea groups is 1. The van der Waals surface area contributed by atoms with Crippen LogP contribution in [0.15, 0.2) is 0 Å². The fourth-order valence-electron chi connectivity index (χ4n) is 3.05. The smallest absolute Gasteiger partial charge is 0.317 e. The topological polar surface area (TPSA) is 61.8 Å². The maximum Gasteiger partial charge on any atom is 0.317 e. The number of fused-ring (bicyclic) bond motifs is 2. The summed E-state index contributed by atoms with van der Waals surface area (Å²) in [6, 6.07) is 0.147. The predicted octanol–water partition coefficient (Wildman–Crippen LogP) is 0.720. The summed E-state index contributed by atoms with van der Waals surface area (Å²) in [6.45, 7) is 1.26. The summed E-state index contributed by atoms with van der Waals surface area (Å²) >= 11 is 0. The lowest BCUT2D eigenvalue weighted by Crippen LogP contribution is -2.49. The molecular formula is C13H22N2O3. The molecule has 2 saturated heterocycles. The Morgan fingerprint density at radius 2 is 2.17 bits per heavy atom. The molecule has 5 nitrogen and oxygen atoms in total. The van der Waals surface area contributed by atoms with Crippen molar-refractivity contribution in [2.75, 3.05) is 19.7 Å². The van der Waals surface area contributed by atoms with E-state index in [1.807, 2.05) is 0 Å². The molecule has 3 unspecified atom stereocenters. The zero-order valence-corrected chi connectivity index (χ0v) is 10.7. The van der Waals surface area contributed by atoms with Gasteiger partial charge in [-0.15, -0.1) is 0 Å². The number of hydrogen-bond acceptors (Lipinski definition) is 3. The van der Waals surface area contributed by atoms with Gasteiger partial charge in [-0.05, 0) is 38.0 Å². The lowest BCUT2D eigenvalue weighted by Gasteiger charge is -2.26. The molecule has 5 heteroatoms. The molecule has 0 spiro atoms. The molecule has 2 aliphatic heterocycles. The zero-order valence-electron chi connectivity index (χ0n) is 10.7. The van der Waals surface area contributed by atoms with Gasteiger partial charge in [0.1, 0.15) is 0 Å². The van der Waals surface area contributed by atoms with Crippen LogP contribution in [0.4, 0.5) is 4.79 Å². The Morgan fingerprint density at radius 3 is 2.72 bits per heavy atom. The third kappa shape index (κ3) is 2.62. The van der Waals surface area contributed by atoms with Gasteiger partial charge in [-0.1, -0.05) is 0 Å². The van der Waals surface area contributed by atoms with Crippen LogP contribution < -0.4 is 5.32 Å². The first-order chi connectivity index (χ1) is 8.76. The molecule has 0 radical (unpaired) electrons. The van der Waals surface area contributed by atoms with Gasteiger partial charge >= 0.3 is 6.03 Å². The molecule has 18 heavy (non-hydrogen) atoms. The molecule has 3 fully saturated rings. The largest absolute Gasteiger partial charge is 0.395 e. The molecule has 2 bridgehead atoms. The number of nitrogens with zero attached hydrogens (tertiary/aromatic N) is 1. The van der Waals surface area contributed by atoms with E-state index in [4.69, 9.17) is 9.84 Å². The first-order valence-electron chi connectivity index (χ1n) is 7.08. The van der Waals surface area contributed by atoms with Crippen LogP contribution in [0.1, 0.15) is 32.1 Å². The molecular weight excluding hydrogens is 232 g/mol. The lowest BCUT2D eigenvalue weighted by molar-refractivity contribution is 0.0965. The Labute approximate surface area is 107 Å². The maximum atomic E-state index is 12.2. The lowest BCUT2D eigenvalue weighted by atomic mass is 9.96. The van der Waals surface area contributed by atoms with Gasteiger partial charge in [-0.3, -0.25) is 0 Å². The number of rotatable bonds is 5. The van der Waals surface area contributed by atoms with Crippen molar-refractivity contribution in [2.24, 2.45) is 5.92 Å². The zero-order chi connectivity index (χ0) is 12.5. The molecule has 2 heterocycles. The Balaban J connectivity index is 1.51. The predicted molar refractivity (Wildman–Crippen MR) is 66.2 cm³/mol. The van der Waals surface area contributed by atoms with E-state index in [0.717, 1.165) is 25.8 Å². The first-order valence-corrected chi connectivity index (χ1v) is 7.08. The number of amides is 2. The second-order valence-corrected chi connectivity index (χ2v) is 5.78. The highest BCUT2D eigenvalue weighted by Gasteiger charge is 2.42. The van der Waals surface area contributed by atoms with Crippen LogP contribution in [0.3, 0.4) is 0 Å². The number of ether oxygens (including phenoxy) is 1. The fourth-order valence-corrected chi connectivity index (χ4v) is 3.05. The minimum absolute atomic E-state index is 0.0305. The SMILES string of the molecule is O=C(NC1CC2CCC1O2)N(CCO)CC1CC1. The van der Waals surface area contributed by atoms with Crippen molar-refractivity contribution in [1.82, 2.24) is 10.2 Å². The van der Waals surface area contributed by atoms with Crippen LogP contribution in [0.2, 0.25) is 0 Å². The van der Waals surface area contributed by atoms with E-state index in [2.05, 4.69) is 5.32 Å². The van der Waals surface area contributed by atoms with Gasteiger partial charge in [0.2, 0.25) is 0 Å². The summed E-state index contributed by atoms with van der Waals surface area (Å²) in [5.41, 5.74) is 0. The highest BCUT2D eigenvalue weighted by molar-refractivity contribution is 5.74. The Morgan fingerprint density at radius 1 is 1.33 bits per heavy atom. The van der Waals surface area contributed by atoms with Crippen LogP contribution in [-0.4, -0.2) is 54.0 Å². The van der Waals surface area contributed by atoms with Gasteiger partial charge in [0.05, 0.1) is 24.9 Å². The Kier molecular flexibility index (Phi) is 3.43. The standard InChI is InChI=1S/C13H22N2O3/c16-6-5-15(8-9-1-2-9)13(17)14-11-7-10-3-4-12(11)18-10/h9-12,16H,1-8H2,(H,14,17). The third-order valence-corrected chi connectivity index (χ3v) is 4.25. The summed E-state index contributed by atoms with van der Waals surface area (Å²) in [5.74, 6) is 0.651. The molecule has 3 rings (SSSR count). The molecule has 2 N–H and O–H groups in total. The number of hydrogen-bond donors (Lipinski definition) is 2. The van der Waals surface area contributed by atoms with Gasteiger partial charge in [0, 0.05) is 13.1 Å². The van der Waals surface area contributed by atoms with Crippen molar-refractivity contribution >= 4 is 6.03 Å². The molecule has 1 aliphatic carbocycles. The summed E-state index contributed by atoms with van der Waals surface area (Å²) in [7, 11) is 0. The highest BCUT2D eigenvalue weighted by atomic mass is 16.5. The first kappa shape index (κ1) is 12.2. The van der Waals surface area contributed by atoms with E-state index < -0.39 is 0 Å². The number of carbonyl (C=O) groups excluding carboxylic acids is 1. The molecule has 0 aromatic heterocycles. The Hall–Kier alpha value is -0.810. The van der Waals surface area contributed by atoms with Crippen LogP contribution in [0, 0.1) is 5.92 Å². The fraction of sp³-hybridized carbons (Fsp3) is 0.923. The van der Waals surface area contributed by atoms with Gasteiger partial charge in [0.15, 0.2) is 0 Å². The molecule has 1 saturated carbocycles. The van der Waals surface area contributed by atoms with Gasteiger partial charge < -0.3 is 20.1 Å². The number of aliphatic hydroxyl groups excluding tert-OH is 1. The molecule has 102 valence electrons. The van der Waals surface area contributed by atoms with Crippen molar-refractivity contribution in [3.05, 3.63) is 0 Å². The minimum Gasteiger partial charge on any atom is -0.395 e. The Bertz CT molecular complexity index is 319. The summed E-state index contributed by atoms with van der Waals surface area (Å²) in [5, 5.41) is 12.1. The van der Waals surface area contributed by atoms with E-state index in [1.54, 1.807) is 4.90 Å². The van der Waals surface area contributed by atoms with Crippen LogP contribution in [-0.2, 0) is 4.74 Å². The number of nitrogens with one attached hydrogen (secondary N) is 1. The van der Waals surface area contributed by atoms with E-state index >= 15 is 0 Å². The second-order valence-electron chi connectivity index (χ2n) is 5.78. The molecule has 0 aromatic carbocycles. The molecule has 3 aliphatic rings. The molecule has 2 amide bonds. The van der Waals surface area contributed by atoms with E-state index in [1.165, 1.54) is 12.8 Å². The summed E-state index contributed by atoms with van der Waals surface area (Å²) in [4.78, 5) is 13.9. The second kappa shape index (κ2) is 5.05. The molecule has 3 atom stereocenters. The average molecular weight is 254 g/mol. The van der Waals surface area contributed by atoms with Crippen LogP contribution >= 0.6 is 0 Å². The normalized spacial score (nSPS) is 33.7. The van der Waals surface area contributed by atoms with E-state index in [-0.39, 0.29) is 24.8 Å². The summed E-state index contributed by atoms with van der Waals surface area (Å²) < 4.78 is 5.74. The highest BCUT2D eigenvalue weighted by Crippen LogP contribution is 2.34. The van der Waals surface area contributed by atoms with Crippen molar-refractivity contribution in [3.8, 4) is 0 Å². The third-order valence-electron chi connectivity index (χ3n) is 4.25. The van der Waals surface area contributed by atoms with Gasteiger partial charge in [-0.2, -0.15) is 0 Å². The van der Waals surface area contributed by atoms with E-state index in [9.17, 15) is 4.79 Å². The quantitative estimate of drug-likeness (QED) is 0.760. The monoisotopic (exact) mass is 254 g/mol. The van der Waals surface area contributed by atoms with E-state index in [0.29, 0.717) is 18.6 Å². The minimum atomic E-state index is -0.0305. The van der Waals surface area contributed by atoms with Crippen molar-refractivity contribution in [3.63, 3.8) is 0 Å². The maximum absolute atomic E-state index is 12.2. The van der Waals surface area contributed by atoms with Crippen molar-refractivity contribution in [1.29, 1.82) is 0 Å². The number of aliphatic hydroxyl groups is 1. The van der Waals surface area contributed by atoms with Crippen LogP contribution in [0.25, 0.3) is 0 Å². The summed E-state index contributed by atoms with van der Waals surface area (Å²) in [6.07, 6.45) is 6.16. The number of carbonyl (C=O) groups is 1. The van der Waals surface area contributed by atoms with Crippen molar-refractivity contribution in [2.45, 2.75) is 50.4 Å². The van der Waals surface area contributed by atoms with Gasteiger partial charge in [-0.25, -0.2) is 4.79 Å². The van der Waals surface area contributed by atoms with Gasteiger partial charge in [0.25, 0.3) is 0 Å². The molecule has 0 aromatic rings. The van der Waals surface area contributed by atoms with Crippen LogP contribution in [0.5, 0.6) is 0 Å².